The van der Waals surface area contributed by atoms with E-state index in [1.165, 1.54) is 57.9 Å². The largest absolute Gasteiger partial charge is 0.313 e. The number of hydrogen-bond donors (Lipinski definition) is 1. The van der Waals surface area contributed by atoms with Gasteiger partial charge in [0, 0.05) is 12.1 Å². The lowest BCUT2D eigenvalue weighted by Crippen LogP contribution is -2.52. The molecule has 1 aliphatic rings. The van der Waals surface area contributed by atoms with Crippen molar-refractivity contribution in [2.75, 3.05) is 20.1 Å². The molecule has 3 atom stereocenters. The second-order valence-corrected chi connectivity index (χ2v) is 6.39. The predicted molar refractivity (Wildman–Crippen MR) is 85.7 cm³/mol. The van der Waals surface area contributed by atoms with Crippen LogP contribution in [0.2, 0.25) is 0 Å². The average Bonchev–Trinajstić information content (AvgIpc) is 2.41. The summed E-state index contributed by atoms with van der Waals surface area (Å²) in [6, 6.07) is 1.49. The van der Waals surface area contributed by atoms with E-state index in [1.54, 1.807) is 0 Å². The minimum atomic E-state index is 0.727. The third-order valence-electron chi connectivity index (χ3n) is 4.77. The van der Waals surface area contributed by atoms with Crippen molar-refractivity contribution in [3.63, 3.8) is 0 Å². The van der Waals surface area contributed by atoms with E-state index in [4.69, 9.17) is 0 Å². The highest BCUT2D eigenvalue weighted by Crippen LogP contribution is 2.30. The Hall–Kier alpha value is -0.0800. The van der Waals surface area contributed by atoms with Crippen LogP contribution in [0.15, 0.2) is 0 Å². The molecule has 3 unspecified atom stereocenters. The number of unbranched alkanes of at least 4 members (excludes halogenated alkanes) is 2. The van der Waals surface area contributed by atoms with Gasteiger partial charge in [-0.3, -0.25) is 0 Å². The second kappa shape index (κ2) is 9.77. The molecule has 114 valence electrons. The zero-order valence-corrected chi connectivity index (χ0v) is 13.8. The molecule has 1 fully saturated rings. The van der Waals surface area contributed by atoms with Gasteiger partial charge in [0.15, 0.2) is 0 Å². The van der Waals surface area contributed by atoms with Gasteiger partial charge in [-0.1, -0.05) is 46.5 Å². The highest BCUT2D eigenvalue weighted by Gasteiger charge is 2.31. The van der Waals surface area contributed by atoms with Gasteiger partial charge in [-0.05, 0) is 51.7 Å². The Labute approximate surface area is 121 Å². The molecule has 0 aromatic carbocycles. The number of likely N-dealkylation sites (N-methyl/N-ethyl adjacent to an activating group) is 2. The van der Waals surface area contributed by atoms with Crippen LogP contribution in [0.3, 0.4) is 0 Å². The van der Waals surface area contributed by atoms with Gasteiger partial charge in [0.05, 0.1) is 0 Å². The van der Waals surface area contributed by atoms with Gasteiger partial charge in [-0.15, -0.1) is 0 Å². The lowest BCUT2D eigenvalue weighted by molar-refractivity contribution is 0.115. The Balaban J connectivity index is 2.49. The molecule has 1 saturated carbocycles. The van der Waals surface area contributed by atoms with Gasteiger partial charge in [0.25, 0.3) is 0 Å². The normalized spacial score (nSPS) is 27.9. The van der Waals surface area contributed by atoms with E-state index < -0.39 is 0 Å². The first-order valence-electron chi connectivity index (χ1n) is 8.66. The molecule has 1 rings (SSSR count). The third-order valence-corrected chi connectivity index (χ3v) is 4.77. The van der Waals surface area contributed by atoms with Gasteiger partial charge in [-0.25, -0.2) is 0 Å². The molecule has 0 aliphatic heterocycles. The topological polar surface area (TPSA) is 15.3 Å². The zero-order valence-electron chi connectivity index (χ0n) is 13.8. The molecule has 1 N–H and O–H groups in total. The van der Waals surface area contributed by atoms with Crippen LogP contribution in [0.25, 0.3) is 0 Å². The quantitative estimate of drug-likeness (QED) is 0.635. The molecule has 0 saturated heterocycles. The van der Waals surface area contributed by atoms with Crippen LogP contribution in [0, 0.1) is 5.92 Å². The second-order valence-electron chi connectivity index (χ2n) is 6.39. The fourth-order valence-electron chi connectivity index (χ4n) is 3.67. The maximum absolute atomic E-state index is 3.73. The maximum atomic E-state index is 3.73. The molecule has 0 radical (unpaired) electrons. The molecular weight excluding hydrogens is 232 g/mol. The Kier molecular flexibility index (Phi) is 8.72. The average molecular weight is 268 g/mol. The van der Waals surface area contributed by atoms with Crippen LogP contribution in [0.1, 0.15) is 72.1 Å². The minimum Gasteiger partial charge on any atom is -0.313 e. The van der Waals surface area contributed by atoms with E-state index in [9.17, 15) is 0 Å². The maximum Gasteiger partial charge on any atom is 0.0248 e. The number of rotatable bonds is 9. The van der Waals surface area contributed by atoms with Gasteiger partial charge >= 0.3 is 0 Å². The Morgan fingerprint density at radius 3 is 2.47 bits per heavy atom. The van der Waals surface area contributed by atoms with E-state index in [1.807, 2.05) is 0 Å². The molecule has 1 aliphatic carbocycles. The Morgan fingerprint density at radius 1 is 1.05 bits per heavy atom. The van der Waals surface area contributed by atoms with E-state index >= 15 is 0 Å². The van der Waals surface area contributed by atoms with Crippen molar-refractivity contribution in [1.82, 2.24) is 10.2 Å². The molecule has 0 aromatic rings. The summed E-state index contributed by atoms with van der Waals surface area (Å²) in [6.45, 7) is 9.25. The van der Waals surface area contributed by atoms with Crippen molar-refractivity contribution in [3.8, 4) is 0 Å². The first-order chi connectivity index (χ1) is 9.22. The van der Waals surface area contributed by atoms with E-state index in [2.05, 4.69) is 38.0 Å². The van der Waals surface area contributed by atoms with Gasteiger partial charge in [0.2, 0.25) is 0 Å². The van der Waals surface area contributed by atoms with Crippen molar-refractivity contribution in [1.29, 1.82) is 0 Å². The highest BCUT2D eigenvalue weighted by molar-refractivity contribution is 4.90. The zero-order chi connectivity index (χ0) is 14.1. The summed E-state index contributed by atoms with van der Waals surface area (Å²) >= 11 is 0. The van der Waals surface area contributed by atoms with E-state index in [0.29, 0.717) is 0 Å². The summed E-state index contributed by atoms with van der Waals surface area (Å²) in [7, 11) is 2.35. The summed E-state index contributed by atoms with van der Waals surface area (Å²) in [5, 5.41) is 3.73. The van der Waals surface area contributed by atoms with E-state index in [-0.39, 0.29) is 0 Å². The molecule has 19 heavy (non-hydrogen) atoms. The third kappa shape index (κ3) is 5.83. The van der Waals surface area contributed by atoms with E-state index in [0.717, 1.165) is 24.5 Å². The van der Waals surface area contributed by atoms with Crippen LogP contribution in [-0.2, 0) is 0 Å². The standard InChI is InChI=1S/C17H36N2/c1-5-8-9-13-19(4)17-14-15(10-6-2)11-12-16(17)18-7-3/h15-18H,5-14H2,1-4H3. The van der Waals surface area contributed by atoms with Crippen LogP contribution in [-0.4, -0.2) is 37.1 Å². The summed E-state index contributed by atoms with van der Waals surface area (Å²) in [4.78, 5) is 2.64. The van der Waals surface area contributed by atoms with Crippen LogP contribution in [0.4, 0.5) is 0 Å². The molecule has 0 aromatic heterocycles. The molecule has 0 amide bonds. The lowest BCUT2D eigenvalue weighted by atomic mass is 9.79. The first-order valence-corrected chi connectivity index (χ1v) is 8.66. The summed E-state index contributed by atoms with van der Waals surface area (Å²) in [5.74, 6) is 0.971. The number of nitrogens with zero attached hydrogens (tertiary/aromatic N) is 1. The summed E-state index contributed by atoms with van der Waals surface area (Å²) in [5.41, 5.74) is 0. The smallest absolute Gasteiger partial charge is 0.0248 e. The van der Waals surface area contributed by atoms with Crippen molar-refractivity contribution in [2.24, 2.45) is 5.92 Å². The highest BCUT2D eigenvalue weighted by atomic mass is 15.2. The fourth-order valence-corrected chi connectivity index (χ4v) is 3.67. The molecule has 2 nitrogen and oxygen atoms in total. The summed E-state index contributed by atoms with van der Waals surface area (Å²) < 4.78 is 0. The minimum absolute atomic E-state index is 0.727. The molecule has 0 bridgehead atoms. The monoisotopic (exact) mass is 268 g/mol. The van der Waals surface area contributed by atoms with Gasteiger partial charge < -0.3 is 10.2 Å². The van der Waals surface area contributed by atoms with Crippen molar-refractivity contribution < 1.29 is 0 Å². The molecular formula is C17H36N2. The van der Waals surface area contributed by atoms with Crippen molar-refractivity contribution in [2.45, 2.75) is 84.2 Å². The molecule has 0 spiro atoms. The molecule has 0 heterocycles. The van der Waals surface area contributed by atoms with Gasteiger partial charge in [0.1, 0.15) is 0 Å². The predicted octanol–water partition coefficient (Wildman–Crippen LogP) is 4.06. The number of nitrogens with one attached hydrogen (secondary N) is 1. The van der Waals surface area contributed by atoms with Crippen LogP contribution < -0.4 is 5.32 Å². The fraction of sp³-hybridized carbons (Fsp3) is 1.00. The lowest BCUT2D eigenvalue weighted by Gasteiger charge is -2.42. The van der Waals surface area contributed by atoms with Gasteiger partial charge in [-0.2, -0.15) is 0 Å². The Morgan fingerprint density at radius 2 is 1.84 bits per heavy atom. The van der Waals surface area contributed by atoms with Crippen molar-refractivity contribution >= 4 is 0 Å². The first kappa shape index (κ1) is 17.0. The number of hydrogen-bond acceptors (Lipinski definition) is 2. The summed E-state index contributed by atoms with van der Waals surface area (Å²) in [6.07, 6.45) is 11.1. The SMILES string of the molecule is CCCCCN(C)C1CC(CCC)CCC1NCC. The Bertz CT molecular complexity index is 217. The molecule has 2 heteroatoms. The van der Waals surface area contributed by atoms with Crippen LogP contribution >= 0.6 is 0 Å². The van der Waals surface area contributed by atoms with Crippen LogP contribution in [0.5, 0.6) is 0 Å². The van der Waals surface area contributed by atoms with Crippen molar-refractivity contribution in [3.05, 3.63) is 0 Å².